The largest absolute Gasteiger partial charge is 0.361 e. The molecule has 1 aromatic carbocycles. The average molecular weight is 336 g/mol. The average Bonchev–Trinajstić information content (AvgIpc) is 2.97. The lowest BCUT2D eigenvalue weighted by Crippen LogP contribution is -2.34. The van der Waals surface area contributed by atoms with Crippen LogP contribution in [0.5, 0.6) is 0 Å². The zero-order valence-corrected chi connectivity index (χ0v) is 13.5. The van der Waals surface area contributed by atoms with Gasteiger partial charge in [0.15, 0.2) is 5.69 Å². The molecule has 122 valence electrons. The molecule has 0 radical (unpaired) electrons. The van der Waals surface area contributed by atoms with Gasteiger partial charge in [0.2, 0.25) is 5.91 Å². The fraction of sp³-hybridized carbons (Fsp3) is 0.312. The summed E-state index contributed by atoms with van der Waals surface area (Å²) in [5, 5.41) is 9.70. The number of aryl methyl sites for hydroxylation is 2. The molecule has 0 spiro atoms. The Kier molecular flexibility index (Phi) is 6.17. The number of carbonyl (C=O) groups excluding carboxylic acids is 2. The molecular weight excluding hydrogens is 318 g/mol. The Bertz CT molecular complexity index is 667. The first-order valence-electron chi connectivity index (χ1n) is 7.27. The molecule has 0 unspecified atom stereocenters. The lowest BCUT2D eigenvalue weighted by molar-refractivity contribution is -0.121. The van der Waals surface area contributed by atoms with Gasteiger partial charge in [-0.25, -0.2) is 0 Å². The Morgan fingerprint density at radius 2 is 1.87 bits per heavy atom. The fourth-order valence-electron chi connectivity index (χ4n) is 1.94. The van der Waals surface area contributed by atoms with Crippen LogP contribution in [0.15, 0.2) is 34.9 Å². The molecular formula is C16H18ClN3O3. The van der Waals surface area contributed by atoms with Gasteiger partial charge in [-0.05, 0) is 31.0 Å². The predicted molar refractivity (Wildman–Crippen MR) is 86.4 cm³/mol. The smallest absolute Gasteiger partial charge is 0.273 e. The summed E-state index contributed by atoms with van der Waals surface area (Å²) >= 11 is 5.81. The summed E-state index contributed by atoms with van der Waals surface area (Å²) in [6.07, 6.45) is 1.03. The van der Waals surface area contributed by atoms with E-state index >= 15 is 0 Å². The van der Waals surface area contributed by atoms with E-state index in [2.05, 4.69) is 15.8 Å². The highest BCUT2D eigenvalue weighted by Crippen LogP contribution is 2.10. The molecule has 23 heavy (non-hydrogen) atoms. The van der Waals surface area contributed by atoms with Crippen LogP contribution in [0, 0.1) is 6.92 Å². The molecule has 1 heterocycles. The SMILES string of the molecule is Cc1cc(C(=O)NCCNC(=O)CCc2ccc(Cl)cc2)no1. The Morgan fingerprint density at radius 3 is 2.52 bits per heavy atom. The molecule has 0 aliphatic rings. The van der Waals surface area contributed by atoms with Crippen LogP contribution in [0.3, 0.4) is 0 Å². The number of carbonyl (C=O) groups is 2. The van der Waals surface area contributed by atoms with Crippen molar-refractivity contribution in [2.45, 2.75) is 19.8 Å². The number of amides is 2. The van der Waals surface area contributed by atoms with Crippen molar-refractivity contribution in [3.8, 4) is 0 Å². The maximum atomic E-state index is 11.7. The van der Waals surface area contributed by atoms with Gasteiger partial charge in [-0.3, -0.25) is 9.59 Å². The van der Waals surface area contributed by atoms with Crippen LogP contribution in [-0.4, -0.2) is 30.1 Å². The minimum Gasteiger partial charge on any atom is -0.361 e. The van der Waals surface area contributed by atoms with Gasteiger partial charge in [-0.1, -0.05) is 28.9 Å². The van der Waals surface area contributed by atoms with Crippen molar-refractivity contribution in [1.29, 1.82) is 0 Å². The molecule has 1 aromatic heterocycles. The van der Waals surface area contributed by atoms with E-state index in [4.69, 9.17) is 16.1 Å². The third-order valence-electron chi connectivity index (χ3n) is 3.15. The van der Waals surface area contributed by atoms with Crippen molar-refractivity contribution in [3.63, 3.8) is 0 Å². The first-order valence-corrected chi connectivity index (χ1v) is 7.65. The van der Waals surface area contributed by atoms with Crippen molar-refractivity contribution in [2.75, 3.05) is 13.1 Å². The molecule has 0 bridgehead atoms. The van der Waals surface area contributed by atoms with Crippen molar-refractivity contribution in [1.82, 2.24) is 15.8 Å². The Labute approximate surface area is 139 Å². The van der Waals surface area contributed by atoms with Crippen LogP contribution >= 0.6 is 11.6 Å². The van der Waals surface area contributed by atoms with Gasteiger partial charge >= 0.3 is 0 Å². The van der Waals surface area contributed by atoms with Crippen molar-refractivity contribution < 1.29 is 14.1 Å². The molecule has 0 atom stereocenters. The first-order chi connectivity index (χ1) is 11.0. The Morgan fingerprint density at radius 1 is 1.17 bits per heavy atom. The van der Waals surface area contributed by atoms with Crippen molar-refractivity contribution in [3.05, 3.63) is 52.4 Å². The quantitative estimate of drug-likeness (QED) is 0.759. The highest BCUT2D eigenvalue weighted by Gasteiger charge is 2.10. The van der Waals surface area contributed by atoms with E-state index in [1.807, 2.05) is 12.1 Å². The number of rotatable bonds is 7. The standard InChI is InChI=1S/C16H18ClN3O3/c1-11-10-14(20-23-11)16(22)19-9-8-18-15(21)7-4-12-2-5-13(17)6-3-12/h2-3,5-6,10H,4,7-9H2,1H3,(H,18,21)(H,19,22). The topological polar surface area (TPSA) is 84.2 Å². The van der Waals surface area contributed by atoms with E-state index in [0.717, 1.165) is 5.56 Å². The van der Waals surface area contributed by atoms with E-state index in [1.165, 1.54) is 0 Å². The van der Waals surface area contributed by atoms with E-state index in [-0.39, 0.29) is 17.5 Å². The number of hydrogen-bond acceptors (Lipinski definition) is 4. The number of hydrogen-bond donors (Lipinski definition) is 2. The van der Waals surface area contributed by atoms with Crippen LogP contribution in [0.1, 0.15) is 28.2 Å². The summed E-state index contributed by atoms with van der Waals surface area (Å²) in [6.45, 7) is 2.41. The number of nitrogens with one attached hydrogen (secondary N) is 2. The van der Waals surface area contributed by atoms with Gasteiger partial charge in [-0.15, -0.1) is 0 Å². The van der Waals surface area contributed by atoms with Gasteiger partial charge in [0.1, 0.15) is 5.76 Å². The van der Waals surface area contributed by atoms with Crippen LogP contribution in [0.2, 0.25) is 5.02 Å². The number of halogens is 1. The van der Waals surface area contributed by atoms with Gasteiger partial charge in [0, 0.05) is 30.6 Å². The third kappa shape index (κ3) is 5.75. The van der Waals surface area contributed by atoms with Gasteiger partial charge in [-0.2, -0.15) is 0 Å². The second-order valence-corrected chi connectivity index (χ2v) is 5.49. The van der Waals surface area contributed by atoms with E-state index in [9.17, 15) is 9.59 Å². The second-order valence-electron chi connectivity index (χ2n) is 5.06. The van der Waals surface area contributed by atoms with Gasteiger partial charge in [0.25, 0.3) is 5.91 Å². The molecule has 0 saturated carbocycles. The summed E-state index contributed by atoms with van der Waals surface area (Å²) in [6, 6.07) is 8.96. The summed E-state index contributed by atoms with van der Waals surface area (Å²) in [4.78, 5) is 23.4. The molecule has 2 amide bonds. The van der Waals surface area contributed by atoms with Crippen LogP contribution in [-0.2, 0) is 11.2 Å². The zero-order chi connectivity index (χ0) is 16.7. The second kappa shape index (κ2) is 8.33. The normalized spacial score (nSPS) is 10.3. The number of aromatic nitrogens is 1. The molecule has 0 fully saturated rings. The van der Waals surface area contributed by atoms with E-state index in [0.29, 0.717) is 36.7 Å². The highest BCUT2D eigenvalue weighted by atomic mass is 35.5. The fourth-order valence-corrected chi connectivity index (χ4v) is 2.07. The molecule has 0 aliphatic carbocycles. The minimum atomic E-state index is -0.322. The summed E-state index contributed by atoms with van der Waals surface area (Å²) in [7, 11) is 0. The molecule has 7 heteroatoms. The predicted octanol–water partition coefficient (Wildman–Crippen LogP) is 2.12. The van der Waals surface area contributed by atoms with E-state index in [1.54, 1.807) is 25.1 Å². The molecule has 2 aromatic rings. The molecule has 2 N–H and O–H groups in total. The van der Waals surface area contributed by atoms with Gasteiger partial charge in [0.05, 0.1) is 0 Å². The lowest BCUT2D eigenvalue weighted by atomic mass is 10.1. The van der Waals surface area contributed by atoms with Crippen LogP contribution in [0.25, 0.3) is 0 Å². The van der Waals surface area contributed by atoms with Crippen molar-refractivity contribution >= 4 is 23.4 Å². The Hall–Kier alpha value is -2.34. The lowest BCUT2D eigenvalue weighted by Gasteiger charge is -2.06. The van der Waals surface area contributed by atoms with Crippen molar-refractivity contribution in [2.24, 2.45) is 0 Å². The maximum Gasteiger partial charge on any atom is 0.273 e. The number of nitrogens with zero attached hydrogens (tertiary/aromatic N) is 1. The van der Waals surface area contributed by atoms with Gasteiger partial charge < -0.3 is 15.2 Å². The zero-order valence-electron chi connectivity index (χ0n) is 12.8. The monoisotopic (exact) mass is 335 g/mol. The number of benzene rings is 1. The van der Waals surface area contributed by atoms with Crippen LogP contribution < -0.4 is 10.6 Å². The van der Waals surface area contributed by atoms with E-state index < -0.39 is 0 Å². The summed E-state index contributed by atoms with van der Waals surface area (Å²) in [5.74, 6) is 0.189. The third-order valence-corrected chi connectivity index (χ3v) is 3.40. The summed E-state index contributed by atoms with van der Waals surface area (Å²) in [5.41, 5.74) is 1.29. The van der Waals surface area contributed by atoms with Crippen LogP contribution in [0.4, 0.5) is 0 Å². The minimum absolute atomic E-state index is 0.0634. The summed E-state index contributed by atoms with van der Waals surface area (Å²) < 4.78 is 4.82. The highest BCUT2D eigenvalue weighted by molar-refractivity contribution is 6.30. The Balaban J connectivity index is 1.61. The maximum absolute atomic E-state index is 11.7. The molecule has 0 aliphatic heterocycles. The molecule has 0 saturated heterocycles. The molecule has 6 nitrogen and oxygen atoms in total. The first kappa shape index (κ1) is 17.0. The molecule has 2 rings (SSSR count).